The number of carbonyl (C=O) groups is 3. The molecule has 138 valence electrons. The number of amides is 2. The average molecular weight is 354 g/mol. The van der Waals surface area contributed by atoms with Crippen molar-refractivity contribution in [1.82, 2.24) is 4.90 Å². The summed E-state index contributed by atoms with van der Waals surface area (Å²) in [6, 6.07) is 5.28. The van der Waals surface area contributed by atoms with Gasteiger partial charge in [0.25, 0.3) is 5.91 Å². The van der Waals surface area contributed by atoms with Gasteiger partial charge < -0.3 is 19.7 Å². The van der Waals surface area contributed by atoms with E-state index in [-0.39, 0.29) is 13.2 Å². The van der Waals surface area contributed by atoms with Crippen LogP contribution in [0.1, 0.15) is 20.8 Å². The zero-order chi connectivity index (χ0) is 19.0. The summed E-state index contributed by atoms with van der Waals surface area (Å²) in [5, 5.41) is 2.58. The van der Waals surface area contributed by atoms with Crippen LogP contribution in [-0.4, -0.2) is 55.1 Å². The van der Waals surface area contributed by atoms with Crippen LogP contribution in [-0.2, 0) is 23.9 Å². The second-order valence-electron chi connectivity index (χ2n) is 6.30. The van der Waals surface area contributed by atoms with E-state index in [1.807, 2.05) is 0 Å². The van der Waals surface area contributed by atoms with Gasteiger partial charge in [0.2, 0.25) is 5.91 Å². The summed E-state index contributed by atoms with van der Waals surface area (Å²) >= 11 is 0. The van der Waals surface area contributed by atoms with E-state index in [2.05, 4.69) is 10.1 Å². The minimum Gasteiger partial charge on any atom is -0.454 e. The number of esters is 1. The number of hydrogen-bond acceptors (Lipinski definition) is 5. The van der Waals surface area contributed by atoms with Gasteiger partial charge >= 0.3 is 5.97 Å². The minimum absolute atomic E-state index is 0.235. The van der Waals surface area contributed by atoms with Crippen LogP contribution in [0.5, 0.6) is 0 Å². The Labute approximate surface area is 146 Å². The second kappa shape index (κ2) is 9.12. The van der Waals surface area contributed by atoms with E-state index < -0.39 is 35.7 Å². The van der Waals surface area contributed by atoms with E-state index in [0.29, 0.717) is 5.69 Å². The molecule has 0 saturated carbocycles. The van der Waals surface area contributed by atoms with E-state index >= 15 is 0 Å². The lowest BCUT2D eigenvalue weighted by molar-refractivity contribution is -0.157. The highest BCUT2D eigenvalue weighted by atomic mass is 19.1. The number of anilines is 1. The highest BCUT2D eigenvalue weighted by Gasteiger charge is 2.29. The highest BCUT2D eigenvalue weighted by molar-refractivity contribution is 5.95. The van der Waals surface area contributed by atoms with Crippen LogP contribution in [0.25, 0.3) is 0 Å². The summed E-state index contributed by atoms with van der Waals surface area (Å²) in [7, 11) is 1.34. The minimum atomic E-state index is -0.666. The molecule has 0 atom stereocenters. The summed E-state index contributed by atoms with van der Waals surface area (Å²) < 4.78 is 22.3. The van der Waals surface area contributed by atoms with Crippen LogP contribution >= 0.6 is 0 Å². The first-order chi connectivity index (χ1) is 11.6. The topological polar surface area (TPSA) is 84.9 Å². The van der Waals surface area contributed by atoms with Crippen LogP contribution in [0, 0.1) is 5.82 Å². The lowest BCUT2D eigenvalue weighted by Crippen LogP contribution is -2.50. The third-order valence-corrected chi connectivity index (χ3v) is 3.16. The Morgan fingerprint density at radius 2 is 1.72 bits per heavy atom. The van der Waals surface area contributed by atoms with Crippen molar-refractivity contribution in [3.8, 4) is 0 Å². The fourth-order valence-corrected chi connectivity index (χ4v) is 1.96. The molecule has 7 nitrogen and oxygen atoms in total. The standard InChI is InChI=1S/C17H23FN2O5/c1-17(2,3)20(15(22)10-25-16(23)11-24-4)9-14(21)19-13-7-5-12(18)6-8-13/h5-8H,9-11H2,1-4H3,(H,19,21). The molecule has 2 amide bonds. The maximum Gasteiger partial charge on any atom is 0.332 e. The van der Waals surface area contributed by atoms with Gasteiger partial charge in [-0.15, -0.1) is 0 Å². The number of rotatable bonds is 7. The van der Waals surface area contributed by atoms with E-state index in [0.717, 1.165) is 0 Å². The van der Waals surface area contributed by atoms with Crippen molar-refractivity contribution < 1.29 is 28.2 Å². The largest absolute Gasteiger partial charge is 0.454 e. The predicted molar refractivity (Wildman–Crippen MR) is 89.3 cm³/mol. The third-order valence-electron chi connectivity index (χ3n) is 3.16. The number of halogens is 1. The van der Waals surface area contributed by atoms with Gasteiger partial charge in [0.15, 0.2) is 6.61 Å². The van der Waals surface area contributed by atoms with Crippen LogP contribution < -0.4 is 5.32 Å². The predicted octanol–water partition coefficient (Wildman–Crippen LogP) is 1.58. The monoisotopic (exact) mass is 354 g/mol. The molecule has 0 spiro atoms. The molecule has 0 aliphatic carbocycles. The normalized spacial score (nSPS) is 10.9. The Hall–Kier alpha value is -2.48. The number of hydrogen-bond donors (Lipinski definition) is 1. The molecule has 0 radical (unpaired) electrons. The molecule has 1 aromatic rings. The number of nitrogens with one attached hydrogen (secondary N) is 1. The van der Waals surface area contributed by atoms with Crippen molar-refractivity contribution in [2.75, 3.05) is 32.2 Å². The molecule has 0 unspecified atom stereocenters. The van der Waals surface area contributed by atoms with E-state index in [9.17, 15) is 18.8 Å². The Balaban J connectivity index is 2.68. The molecule has 0 aliphatic rings. The van der Waals surface area contributed by atoms with Gasteiger partial charge in [-0.25, -0.2) is 9.18 Å². The number of carbonyl (C=O) groups excluding carboxylic acids is 3. The number of benzene rings is 1. The molecule has 25 heavy (non-hydrogen) atoms. The number of nitrogens with zero attached hydrogens (tertiary/aromatic N) is 1. The summed E-state index contributed by atoms with van der Waals surface area (Å²) in [5.74, 6) is -2.04. The fraction of sp³-hybridized carbons (Fsp3) is 0.471. The first-order valence-electron chi connectivity index (χ1n) is 7.64. The third kappa shape index (κ3) is 7.30. The first-order valence-corrected chi connectivity index (χ1v) is 7.64. The number of ether oxygens (including phenoxy) is 2. The van der Waals surface area contributed by atoms with Crippen molar-refractivity contribution in [2.45, 2.75) is 26.3 Å². The average Bonchev–Trinajstić information content (AvgIpc) is 2.52. The fourth-order valence-electron chi connectivity index (χ4n) is 1.96. The van der Waals surface area contributed by atoms with Gasteiger partial charge in [-0.2, -0.15) is 0 Å². The first kappa shape index (κ1) is 20.6. The van der Waals surface area contributed by atoms with Crippen LogP contribution in [0.15, 0.2) is 24.3 Å². The van der Waals surface area contributed by atoms with Crippen LogP contribution in [0.2, 0.25) is 0 Å². The molecule has 0 heterocycles. The second-order valence-corrected chi connectivity index (χ2v) is 6.30. The van der Waals surface area contributed by atoms with Crippen molar-refractivity contribution in [1.29, 1.82) is 0 Å². The Kier molecular flexibility index (Phi) is 7.50. The van der Waals surface area contributed by atoms with Gasteiger partial charge in [0.05, 0.1) is 0 Å². The smallest absolute Gasteiger partial charge is 0.332 e. The van der Waals surface area contributed by atoms with E-state index in [1.54, 1.807) is 20.8 Å². The summed E-state index contributed by atoms with van der Waals surface area (Å²) in [4.78, 5) is 37.1. The zero-order valence-electron chi connectivity index (χ0n) is 14.8. The lowest BCUT2D eigenvalue weighted by atomic mass is 10.1. The summed E-state index contributed by atoms with van der Waals surface area (Å²) in [6.45, 7) is 4.30. The molecule has 0 saturated heterocycles. The summed E-state index contributed by atoms with van der Waals surface area (Å²) in [6.07, 6.45) is 0. The number of methoxy groups -OCH3 is 1. The van der Waals surface area contributed by atoms with Gasteiger partial charge in [-0.3, -0.25) is 9.59 Å². The van der Waals surface area contributed by atoms with Crippen molar-refractivity contribution in [2.24, 2.45) is 0 Å². The van der Waals surface area contributed by atoms with E-state index in [4.69, 9.17) is 4.74 Å². The Morgan fingerprint density at radius 3 is 2.24 bits per heavy atom. The Morgan fingerprint density at radius 1 is 1.12 bits per heavy atom. The molecule has 0 fully saturated rings. The quantitative estimate of drug-likeness (QED) is 0.752. The molecule has 0 bridgehead atoms. The lowest BCUT2D eigenvalue weighted by Gasteiger charge is -2.35. The van der Waals surface area contributed by atoms with Gasteiger partial charge in [-0.05, 0) is 45.0 Å². The molecular weight excluding hydrogens is 331 g/mol. The summed E-state index contributed by atoms with van der Waals surface area (Å²) in [5.41, 5.74) is -0.246. The molecule has 8 heteroatoms. The van der Waals surface area contributed by atoms with Gasteiger partial charge in [0.1, 0.15) is 19.0 Å². The maximum absolute atomic E-state index is 12.9. The SMILES string of the molecule is COCC(=O)OCC(=O)N(CC(=O)Nc1ccc(F)cc1)C(C)(C)C. The molecule has 0 aromatic heterocycles. The van der Waals surface area contributed by atoms with Crippen LogP contribution in [0.3, 0.4) is 0 Å². The zero-order valence-corrected chi connectivity index (χ0v) is 14.8. The van der Waals surface area contributed by atoms with Gasteiger partial charge in [-0.1, -0.05) is 0 Å². The Bertz CT molecular complexity index is 610. The van der Waals surface area contributed by atoms with Crippen molar-refractivity contribution in [3.05, 3.63) is 30.1 Å². The molecular formula is C17H23FN2O5. The highest BCUT2D eigenvalue weighted by Crippen LogP contribution is 2.15. The maximum atomic E-state index is 12.9. The van der Waals surface area contributed by atoms with Crippen LogP contribution in [0.4, 0.5) is 10.1 Å². The van der Waals surface area contributed by atoms with Crippen molar-refractivity contribution in [3.63, 3.8) is 0 Å². The van der Waals surface area contributed by atoms with Gasteiger partial charge in [0, 0.05) is 18.3 Å². The molecule has 1 aromatic carbocycles. The molecule has 0 aliphatic heterocycles. The van der Waals surface area contributed by atoms with Crippen molar-refractivity contribution >= 4 is 23.5 Å². The van der Waals surface area contributed by atoms with E-state index in [1.165, 1.54) is 36.3 Å². The molecule has 1 rings (SSSR count). The molecule has 1 N–H and O–H groups in total.